The molecule has 6 nitrogen and oxygen atoms in total. The lowest BCUT2D eigenvalue weighted by Gasteiger charge is -2.29. The summed E-state index contributed by atoms with van der Waals surface area (Å²) in [6.07, 6.45) is 4.92. The quantitative estimate of drug-likeness (QED) is 0.408. The second kappa shape index (κ2) is 7.74. The van der Waals surface area contributed by atoms with Crippen LogP contribution in [0.15, 0.2) is 36.8 Å². The summed E-state index contributed by atoms with van der Waals surface area (Å²) < 4.78 is 39.3. The molecule has 1 aliphatic carbocycles. The van der Waals surface area contributed by atoms with Gasteiger partial charge in [-0.1, -0.05) is 18.9 Å². The molecule has 1 fully saturated rings. The molecular weight excluding hydrogens is 417 g/mol. The van der Waals surface area contributed by atoms with Crippen molar-refractivity contribution in [3.05, 3.63) is 48.0 Å². The number of H-pyrrole nitrogens is 1. The van der Waals surface area contributed by atoms with Crippen LogP contribution >= 0.6 is 0 Å². The highest BCUT2D eigenvalue weighted by Gasteiger charge is 2.31. The van der Waals surface area contributed by atoms with Gasteiger partial charge in [0.05, 0.1) is 11.1 Å². The van der Waals surface area contributed by atoms with Crippen molar-refractivity contribution in [3.8, 4) is 11.1 Å². The van der Waals surface area contributed by atoms with E-state index in [4.69, 9.17) is 10.7 Å². The average molecular weight is 440 g/mol. The number of rotatable bonds is 3. The molecule has 2 unspecified atom stereocenters. The summed E-state index contributed by atoms with van der Waals surface area (Å²) in [5.41, 5.74) is 8.93. The van der Waals surface area contributed by atoms with E-state index in [1.165, 1.54) is 6.07 Å². The minimum Gasteiger partial charge on any atom is -0.361 e. The third kappa shape index (κ3) is 3.66. The number of aromatic amines is 1. The Labute approximate surface area is 182 Å². The zero-order chi connectivity index (χ0) is 22.5. The molecule has 2 atom stereocenters. The van der Waals surface area contributed by atoms with E-state index in [9.17, 15) is 13.2 Å². The normalized spacial score (nSPS) is 19.5. The summed E-state index contributed by atoms with van der Waals surface area (Å²) in [6, 6.07) is 3.86. The molecule has 3 heterocycles. The van der Waals surface area contributed by atoms with E-state index < -0.39 is 11.7 Å². The third-order valence-electron chi connectivity index (χ3n) is 6.25. The number of nitrogens with two attached hydrogens (primary N) is 1. The SMILES string of the molecule is Cc1ncc(-c2c[nH]c3cc(C(F)(F)F)ccc23)c2nc(NC3CCCCC3N)ncc12. The van der Waals surface area contributed by atoms with Crippen molar-refractivity contribution in [3.63, 3.8) is 0 Å². The molecule has 32 heavy (non-hydrogen) atoms. The number of alkyl halides is 3. The molecule has 3 aromatic heterocycles. The Bertz CT molecular complexity index is 1300. The first-order chi connectivity index (χ1) is 15.3. The van der Waals surface area contributed by atoms with Gasteiger partial charge in [0.2, 0.25) is 5.95 Å². The molecular formula is C23H23F3N6. The first-order valence-electron chi connectivity index (χ1n) is 10.6. The van der Waals surface area contributed by atoms with Gasteiger partial charge in [-0.15, -0.1) is 0 Å². The minimum absolute atomic E-state index is 0.0538. The van der Waals surface area contributed by atoms with Crippen LogP contribution in [-0.2, 0) is 6.18 Å². The van der Waals surface area contributed by atoms with Gasteiger partial charge in [-0.3, -0.25) is 4.98 Å². The predicted octanol–water partition coefficient (Wildman–Crippen LogP) is 5.18. The number of hydrogen-bond acceptors (Lipinski definition) is 5. The number of aryl methyl sites for hydroxylation is 1. The van der Waals surface area contributed by atoms with Crippen molar-refractivity contribution in [2.45, 2.75) is 50.9 Å². The Morgan fingerprint density at radius 1 is 1.06 bits per heavy atom. The molecule has 4 aromatic rings. The van der Waals surface area contributed by atoms with Gasteiger partial charge in [-0.05, 0) is 31.9 Å². The maximum atomic E-state index is 13.1. The highest BCUT2D eigenvalue weighted by molar-refractivity contribution is 6.03. The zero-order valence-electron chi connectivity index (χ0n) is 17.5. The van der Waals surface area contributed by atoms with Crippen molar-refractivity contribution >= 4 is 27.8 Å². The third-order valence-corrected chi connectivity index (χ3v) is 6.25. The molecule has 0 saturated heterocycles. The second-order valence-corrected chi connectivity index (χ2v) is 8.37. The summed E-state index contributed by atoms with van der Waals surface area (Å²) >= 11 is 0. The van der Waals surface area contributed by atoms with Gasteiger partial charge in [-0.2, -0.15) is 13.2 Å². The standard InChI is InChI=1S/C23H23F3N6/c1-12-15-9-30-22(31-19-5-3-2-4-18(19)27)32-21(15)17(11-28-12)16-10-29-20-8-13(23(24,25)26)6-7-14(16)20/h6-11,18-19,29H,2-5,27H2,1H3,(H,30,31,32). The van der Waals surface area contributed by atoms with Crippen LogP contribution in [-0.4, -0.2) is 32.0 Å². The molecule has 1 aliphatic rings. The summed E-state index contributed by atoms with van der Waals surface area (Å²) in [4.78, 5) is 16.7. The highest BCUT2D eigenvalue weighted by Crippen LogP contribution is 2.37. The molecule has 0 aliphatic heterocycles. The summed E-state index contributed by atoms with van der Waals surface area (Å²) in [7, 11) is 0. The molecule has 0 bridgehead atoms. The number of aromatic nitrogens is 4. The maximum absolute atomic E-state index is 13.1. The number of hydrogen-bond donors (Lipinski definition) is 3. The Morgan fingerprint density at radius 2 is 1.88 bits per heavy atom. The first kappa shape index (κ1) is 20.7. The van der Waals surface area contributed by atoms with Gasteiger partial charge in [0, 0.05) is 63.8 Å². The molecule has 0 spiro atoms. The molecule has 166 valence electrons. The number of anilines is 1. The van der Waals surface area contributed by atoms with Crippen LogP contribution in [0.2, 0.25) is 0 Å². The van der Waals surface area contributed by atoms with Gasteiger partial charge >= 0.3 is 6.18 Å². The maximum Gasteiger partial charge on any atom is 0.416 e. The van der Waals surface area contributed by atoms with Crippen LogP contribution in [0.1, 0.15) is 36.9 Å². The fourth-order valence-electron chi connectivity index (χ4n) is 4.44. The molecule has 9 heteroatoms. The molecule has 5 rings (SSSR count). The predicted molar refractivity (Wildman–Crippen MR) is 118 cm³/mol. The summed E-state index contributed by atoms with van der Waals surface area (Å²) in [6.45, 7) is 1.88. The van der Waals surface area contributed by atoms with Gasteiger partial charge in [-0.25, -0.2) is 9.97 Å². The van der Waals surface area contributed by atoms with Crippen molar-refractivity contribution in [1.82, 2.24) is 19.9 Å². The Morgan fingerprint density at radius 3 is 2.66 bits per heavy atom. The number of nitrogens with one attached hydrogen (secondary N) is 2. The highest BCUT2D eigenvalue weighted by atomic mass is 19.4. The van der Waals surface area contributed by atoms with Crippen molar-refractivity contribution in [2.75, 3.05) is 5.32 Å². The number of nitrogens with zero attached hydrogens (tertiary/aromatic N) is 3. The van der Waals surface area contributed by atoms with E-state index in [1.54, 1.807) is 18.6 Å². The fraction of sp³-hybridized carbons (Fsp3) is 0.348. The lowest BCUT2D eigenvalue weighted by Crippen LogP contribution is -2.42. The van der Waals surface area contributed by atoms with E-state index in [0.29, 0.717) is 22.4 Å². The molecule has 0 amide bonds. The molecule has 0 radical (unpaired) electrons. The second-order valence-electron chi connectivity index (χ2n) is 8.37. The van der Waals surface area contributed by atoms with Gasteiger partial charge in [0.15, 0.2) is 0 Å². The lowest BCUT2D eigenvalue weighted by atomic mass is 9.91. The van der Waals surface area contributed by atoms with Crippen molar-refractivity contribution in [1.29, 1.82) is 0 Å². The lowest BCUT2D eigenvalue weighted by molar-refractivity contribution is -0.137. The van der Waals surface area contributed by atoms with Crippen LogP contribution < -0.4 is 11.1 Å². The van der Waals surface area contributed by atoms with Crippen LogP contribution in [0.25, 0.3) is 32.9 Å². The van der Waals surface area contributed by atoms with E-state index >= 15 is 0 Å². The fourth-order valence-corrected chi connectivity index (χ4v) is 4.44. The Kier molecular flexibility index (Phi) is 5.00. The Hall–Kier alpha value is -3.20. The largest absolute Gasteiger partial charge is 0.416 e. The van der Waals surface area contributed by atoms with Crippen molar-refractivity contribution < 1.29 is 13.2 Å². The van der Waals surface area contributed by atoms with E-state index in [2.05, 4.69) is 20.3 Å². The topological polar surface area (TPSA) is 92.5 Å². The zero-order valence-corrected chi connectivity index (χ0v) is 17.5. The van der Waals surface area contributed by atoms with Gasteiger partial charge < -0.3 is 16.0 Å². The van der Waals surface area contributed by atoms with Gasteiger partial charge in [0.25, 0.3) is 0 Å². The molecule has 1 aromatic carbocycles. The van der Waals surface area contributed by atoms with Crippen molar-refractivity contribution in [2.24, 2.45) is 5.73 Å². The van der Waals surface area contributed by atoms with Crippen LogP contribution in [0.4, 0.5) is 19.1 Å². The van der Waals surface area contributed by atoms with Crippen LogP contribution in [0.3, 0.4) is 0 Å². The average Bonchev–Trinajstić information content (AvgIpc) is 3.18. The summed E-state index contributed by atoms with van der Waals surface area (Å²) in [5, 5.41) is 4.84. The first-order valence-corrected chi connectivity index (χ1v) is 10.6. The van der Waals surface area contributed by atoms with E-state index in [0.717, 1.165) is 60.0 Å². The Balaban J connectivity index is 1.60. The molecule has 1 saturated carbocycles. The number of fused-ring (bicyclic) bond motifs is 2. The van der Waals surface area contributed by atoms with E-state index in [1.807, 2.05) is 6.92 Å². The van der Waals surface area contributed by atoms with Crippen LogP contribution in [0, 0.1) is 6.92 Å². The number of benzene rings is 1. The number of halogens is 3. The van der Waals surface area contributed by atoms with Crippen LogP contribution in [0.5, 0.6) is 0 Å². The van der Waals surface area contributed by atoms with E-state index in [-0.39, 0.29) is 12.1 Å². The minimum atomic E-state index is -4.40. The van der Waals surface area contributed by atoms with Gasteiger partial charge in [0.1, 0.15) is 0 Å². The number of pyridine rings is 1. The monoisotopic (exact) mass is 440 g/mol. The molecule has 4 N–H and O–H groups in total. The summed E-state index contributed by atoms with van der Waals surface area (Å²) in [5.74, 6) is 0.492. The smallest absolute Gasteiger partial charge is 0.361 e.